The molecule has 1 N–H and O–H groups in total. The Morgan fingerprint density at radius 3 is 2.67 bits per heavy atom. The van der Waals surface area contributed by atoms with Gasteiger partial charge in [-0.05, 0) is 18.6 Å². The lowest BCUT2D eigenvalue weighted by Crippen LogP contribution is -2.24. The van der Waals surface area contributed by atoms with Gasteiger partial charge in [-0.2, -0.15) is 18.7 Å². The predicted molar refractivity (Wildman–Crippen MR) is 47.8 cm³/mol. The molecule has 0 amide bonds. The molecule has 0 atom stereocenters. The summed E-state index contributed by atoms with van der Waals surface area (Å²) in [6.45, 7) is 0.722. The summed E-state index contributed by atoms with van der Waals surface area (Å²) in [6, 6.07) is 3.55. The van der Waals surface area contributed by atoms with Crippen LogP contribution in [0.25, 0.3) is 0 Å². The molecule has 0 spiro atoms. The minimum Gasteiger partial charge on any atom is -0.292 e. The maximum atomic E-state index is 11.7. The van der Waals surface area contributed by atoms with Gasteiger partial charge in [-0.25, -0.2) is 0 Å². The van der Waals surface area contributed by atoms with Crippen LogP contribution in [-0.2, 0) is 11.4 Å². The highest BCUT2D eigenvalue weighted by atomic mass is 19.4. The van der Waals surface area contributed by atoms with Gasteiger partial charge in [0.1, 0.15) is 0 Å². The highest BCUT2D eigenvalue weighted by Gasteiger charge is 2.27. The molecule has 1 rings (SSSR count). The minimum absolute atomic E-state index is 0.149. The Bertz CT molecular complexity index is 297. The van der Waals surface area contributed by atoms with E-state index in [1.807, 2.05) is 13.0 Å². The van der Waals surface area contributed by atoms with Crippen LogP contribution in [0, 0.1) is 6.92 Å². The van der Waals surface area contributed by atoms with Gasteiger partial charge >= 0.3 is 6.18 Å². The van der Waals surface area contributed by atoms with Gasteiger partial charge in [-0.15, -0.1) is 0 Å². The number of aromatic nitrogens is 1. The number of pyridine rings is 1. The molecule has 0 unspecified atom stereocenters. The van der Waals surface area contributed by atoms with Crippen LogP contribution in [0.4, 0.5) is 13.2 Å². The number of halogens is 3. The van der Waals surface area contributed by atoms with E-state index in [2.05, 4.69) is 15.3 Å². The number of hydroxylamine groups is 1. The molecule has 0 saturated heterocycles. The lowest BCUT2D eigenvalue weighted by molar-refractivity contribution is -0.190. The van der Waals surface area contributed by atoms with Crippen molar-refractivity contribution in [3.8, 4) is 0 Å². The Morgan fingerprint density at radius 2 is 2.13 bits per heavy atom. The van der Waals surface area contributed by atoms with E-state index in [4.69, 9.17) is 0 Å². The fourth-order valence-corrected chi connectivity index (χ4v) is 0.861. The van der Waals surface area contributed by atoms with Crippen LogP contribution >= 0.6 is 0 Å². The molecule has 15 heavy (non-hydrogen) atoms. The Morgan fingerprint density at radius 1 is 1.40 bits per heavy atom. The van der Waals surface area contributed by atoms with Crippen molar-refractivity contribution in [1.29, 1.82) is 0 Å². The third kappa shape index (κ3) is 5.34. The van der Waals surface area contributed by atoms with E-state index in [1.165, 1.54) is 0 Å². The van der Waals surface area contributed by atoms with Crippen LogP contribution in [0.2, 0.25) is 0 Å². The second-order valence-corrected chi connectivity index (χ2v) is 3.05. The monoisotopic (exact) mass is 220 g/mol. The van der Waals surface area contributed by atoms with Crippen molar-refractivity contribution < 1.29 is 18.0 Å². The van der Waals surface area contributed by atoms with Crippen molar-refractivity contribution >= 4 is 0 Å². The van der Waals surface area contributed by atoms with Crippen molar-refractivity contribution in [1.82, 2.24) is 10.5 Å². The Kier molecular flexibility index (Phi) is 4.05. The summed E-state index contributed by atoms with van der Waals surface area (Å²) in [7, 11) is 0. The number of alkyl halides is 3. The Labute approximate surface area is 85.2 Å². The van der Waals surface area contributed by atoms with Crippen molar-refractivity contribution in [3.05, 3.63) is 29.6 Å². The van der Waals surface area contributed by atoms with Crippen molar-refractivity contribution in [3.63, 3.8) is 0 Å². The summed E-state index contributed by atoms with van der Waals surface area (Å²) < 4.78 is 35.0. The summed E-state index contributed by atoms with van der Waals surface area (Å²) in [6.07, 6.45) is -2.67. The fourth-order valence-electron chi connectivity index (χ4n) is 0.861. The number of nitrogens with zero attached hydrogens (tertiary/aromatic N) is 1. The first-order valence-corrected chi connectivity index (χ1v) is 4.30. The van der Waals surface area contributed by atoms with E-state index in [-0.39, 0.29) is 6.54 Å². The molecule has 0 aliphatic rings. The highest BCUT2D eigenvalue weighted by Crippen LogP contribution is 2.13. The van der Waals surface area contributed by atoms with E-state index in [0.29, 0.717) is 5.69 Å². The molecule has 0 bridgehead atoms. The number of hydrogen-bond acceptors (Lipinski definition) is 3. The SMILES string of the molecule is Cc1ccc(CNOCC(F)(F)F)nc1. The van der Waals surface area contributed by atoms with E-state index in [1.54, 1.807) is 12.3 Å². The molecular formula is C9H11F3N2O. The highest BCUT2D eigenvalue weighted by molar-refractivity contribution is 5.11. The summed E-state index contributed by atoms with van der Waals surface area (Å²) in [4.78, 5) is 8.21. The van der Waals surface area contributed by atoms with Gasteiger partial charge in [0.2, 0.25) is 0 Å². The van der Waals surface area contributed by atoms with Gasteiger partial charge in [-0.3, -0.25) is 9.82 Å². The largest absolute Gasteiger partial charge is 0.413 e. The number of hydrogen-bond donors (Lipinski definition) is 1. The van der Waals surface area contributed by atoms with E-state index >= 15 is 0 Å². The summed E-state index contributed by atoms with van der Waals surface area (Å²) in [5.41, 5.74) is 3.82. The average Bonchev–Trinajstić information content (AvgIpc) is 2.14. The zero-order chi connectivity index (χ0) is 11.3. The first kappa shape index (κ1) is 11.9. The standard InChI is InChI=1S/C9H11F3N2O/c1-7-2-3-8(13-4-7)5-14-15-6-9(10,11)12/h2-4,14H,5-6H2,1H3. The van der Waals surface area contributed by atoms with Gasteiger partial charge in [-0.1, -0.05) is 6.07 Å². The van der Waals surface area contributed by atoms with Crippen molar-refractivity contribution in [2.45, 2.75) is 19.6 Å². The normalized spacial score (nSPS) is 11.7. The van der Waals surface area contributed by atoms with E-state index in [0.717, 1.165) is 5.56 Å². The summed E-state index contributed by atoms with van der Waals surface area (Å²) in [5.74, 6) is 0. The summed E-state index contributed by atoms with van der Waals surface area (Å²) >= 11 is 0. The van der Waals surface area contributed by atoms with Gasteiger partial charge < -0.3 is 0 Å². The van der Waals surface area contributed by atoms with E-state index in [9.17, 15) is 13.2 Å². The van der Waals surface area contributed by atoms with Crippen LogP contribution in [0.1, 0.15) is 11.3 Å². The van der Waals surface area contributed by atoms with Crippen LogP contribution in [-0.4, -0.2) is 17.8 Å². The third-order valence-corrected chi connectivity index (χ3v) is 1.56. The molecule has 1 aromatic heterocycles. The van der Waals surface area contributed by atoms with Crippen LogP contribution in [0.5, 0.6) is 0 Å². The van der Waals surface area contributed by atoms with Crippen molar-refractivity contribution in [2.75, 3.05) is 6.61 Å². The molecule has 3 nitrogen and oxygen atoms in total. The number of aryl methyl sites for hydroxylation is 1. The second kappa shape index (κ2) is 5.09. The molecule has 6 heteroatoms. The first-order chi connectivity index (χ1) is 6.97. The zero-order valence-electron chi connectivity index (χ0n) is 8.14. The molecule has 0 aromatic carbocycles. The Balaban J connectivity index is 2.23. The van der Waals surface area contributed by atoms with Crippen LogP contribution < -0.4 is 5.48 Å². The molecule has 1 heterocycles. The smallest absolute Gasteiger partial charge is 0.292 e. The van der Waals surface area contributed by atoms with E-state index < -0.39 is 12.8 Å². The van der Waals surface area contributed by atoms with Crippen LogP contribution in [0.15, 0.2) is 18.3 Å². The quantitative estimate of drug-likeness (QED) is 0.622. The molecule has 0 saturated carbocycles. The van der Waals surface area contributed by atoms with Gasteiger partial charge in [0, 0.05) is 6.20 Å². The molecule has 1 aromatic rings. The van der Waals surface area contributed by atoms with Crippen LogP contribution in [0.3, 0.4) is 0 Å². The lowest BCUT2D eigenvalue weighted by Gasteiger charge is -2.07. The van der Waals surface area contributed by atoms with Crippen molar-refractivity contribution in [2.24, 2.45) is 0 Å². The molecular weight excluding hydrogens is 209 g/mol. The van der Waals surface area contributed by atoms with Gasteiger partial charge in [0.05, 0.1) is 12.2 Å². The second-order valence-electron chi connectivity index (χ2n) is 3.05. The number of rotatable bonds is 4. The van der Waals surface area contributed by atoms with Gasteiger partial charge in [0.15, 0.2) is 6.61 Å². The maximum Gasteiger partial charge on any atom is 0.413 e. The predicted octanol–water partition coefficient (Wildman–Crippen LogP) is 1.97. The summed E-state index contributed by atoms with van der Waals surface area (Å²) in [5, 5.41) is 0. The molecule has 0 radical (unpaired) electrons. The first-order valence-electron chi connectivity index (χ1n) is 4.30. The minimum atomic E-state index is -4.31. The lowest BCUT2D eigenvalue weighted by atomic mass is 10.3. The maximum absolute atomic E-state index is 11.7. The average molecular weight is 220 g/mol. The third-order valence-electron chi connectivity index (χ3n) is 1.56. The fraction of sp³-hybridized carbons (Fsp3) is 0.444. The topological polar surface area (TPSA) is 34.1 Å². The molecule has 0 aliphatic heterocycles. The molecule has 0 fully saturated rings. The number of nitrogens with one attached hydrogen (secondary N) is 1. The Hall–Kier alpha value is -1.14. The zero-order valence-corrected chi connectivity index (χ0v) is 8.14. The molecule has 0 aliphatic carbocycles. The molecule has 84 valence electrons. The van der Waals surface area contributed by atoms with Gasteiger partial charge in [0.25, 0.3) is 0 Å².